The molecule has 1 aliphatic carbocycles. The zero-order valence-electron chi connectivity index (χ0n) is 30.5. The van der Waals surface area contributed by atoms with Crippen molar-refractivity contribution in [3.63, 3.8) is 0 Å². The Labute approximate surface area is 313 Å². The first-order chi connectivity index (χ1) is 26.7. The van der Waals surface area contributed by atoms with Crippen molar-refractivity contribution in [2.75, 3.05) is 4.90 Å². The first kappa shape index (κ1) is 32.1. The van der Waals surface area contributed by atoms with Crippen LogP contribution in [0.5, 0.6) is 0 Å². The van der Waals surface area contributed by atoms with Crippen LogP contribution in [0.15, 0.2) is 154 Å². The van der Waals surface area contributed by atoms with Crippen LogP contribution in [-0.4, -0.2) is 0 Å². The predicted octanol–water partition coefficient (Wildman–Crippen LogP) is 11.4. The van der Waals surface area contributed by atoms with E-state index in [1.165, 1.54) is 54.9 Å². The van der Waals surface area contributed by atoms with E-state index in [0.717, 1.165) is 68.4 Å². The quantitative estimate of drug-likeness (QED) is 0.179. The van der Waals surface area contributed by atoms with Gasteiger partial charge in [0.2, 0.25) is 0 Å². The Hall–Kier alpha value is -6.58. The Kier molecular flexibility index (Phi) is 7.80. The molecule has 0 amide bonds. The summed E-state index contributed by atoms with van der Waals surface area (Å²) in [5.74, 6) is 0. The number of furan rings is 2. The summed E-state index contributed by atoms with van der Waals surface area (Å²) in [4.78, 5) is 2.37. The normalized spacial score (nSPS) is 13.9. The second kappa shape index (κ2) is 13.1. The highest BCUT2D eigenvalue weighted by Gasteiger charge is 2.18. The van der Waals surface area contributed by atoms with Crippen LogP contribution in [0, 0.1) is 0 Å². The van der Waals surface area contributed by atoms with E-state index in [1.807, 2.05) is 12.1 Å². The lowest BCUT2D eigenvalue weighted by atomic mass is 9.94. The molecule has 0 unspecified atom stereocenters. The lowest BCUT2D eigenvalue weighted by molar-refractivity contribution is 0.494. The molecule has 1 aliphatic rings. The van der Waals surface area contributed by atoms with Crippen LogP contribution in [0.4, 0.5) is 17.1 Å². The average molecular weight is 698 g/mol. The van der Waals surface area contributed by atoms with Crippen molar-refractivity contribution in [3.05, 3.63) is 172 Å². The SMILES string of the molecule is C/C=c1/c2c(o/c1=C(/C)c1ccc(N(c3ccccc3)c3cccc4c(-c5ccc6c(ccc7oc8ccccc8c76)c5)cccc34)cc1)=CCCCC=2. The molecule has 0 saturated carbocycles. The minimum atomic E-state index is 0.921. The monoisotopic (exact) mass is 697 g/mol. The highest BCUT2D eigenvalue weighted by Crippen LogP contribution is 2.42. The van der Waals surface area contributed by atoms with Crippen molar-refractivity contribution in [1.82, 2.24) is 0 Å². The highest BCUT2D eigenvalue weighted by atomic mass is 16.3. The molecule has 2 heterocycles. The molecule has 0 aliphatic heterocycles. The number of nitrogens with zero attached hydrogens (tertiary/aromatic N) is 1. The van der Waals surface area contributed by atoms with E-state index in [2.05, 4.69) is 170 Å². The van der Waals surface area contributed by atoms with Crippen LogP contribution in [-0.2, 0) is 0 Å². The van der Waals surface area contributed by atoms with Gasteiger partial charge in [0.15, 0.2) is 0 Å². The molecule has 3 heteroatoms. The van der Waals surface area contributed by atoms with Crippen LogP contribution < -0.4 is 26.2 Å². The first-order valence-electron chi connectivity index (χ1n) is 18.9. The third-order valence-electron chi connectivity index (χ3n) is 11.1. The van der Waals surface area contributed by atoms with Gasteiger partial charge >= 0.3 is 0 Å². The maximum atomic E-state index is 6.52. The molecule has 54 heavy (non-hydrogen) atoms. The molecule has 0 fully saturated rings. The molecular formula is C51H39NO2. The standard InChI is InChI=1S/C51H39NO2/c1-3-39-44-16-8-5-9-22-47(44)54-51(39)33(2)34-24-28-38(29-25-34)52(37-14-6-4-7-15-37)46-21-13-19-42-40(18-12-20-43(42)46)35-26-30-41-36(32-35)27-31-49-50(41)45-17-10-11-23-48(45)53-49/h3-4,6-7,10-32H,5,8-9H2,1-2H3/b39-3-,51-33-. The van der Waals surface area contributed by atoms with Crippen molar-refractivity contribution in [3.8, 4) is 11.1 Å². The summed E-state index contributed by atoms with van der Waals surface area (Å²) < 4.78 is 12.7. The molecule has 0 radical (unpaired) electrons. The van der Waals surface area contributed by atoms with Crippen molar-refractivity contribution < 1.29 is 8.83 Å². The number of para-hydroxylation sites is 2. The highest BCUT2D eigenvalue weighted by molar-refractivity contribution is 6.19. The van der Waals surface area contributed by atoms with Crippen LogP contribution in [0.1, 0.15) is 38.7 Å². The molecule has 7 aromatic carbocycles. The fraction of sp³-hybridized carbons (Fsp3) is 0.0980. The number of anilines is 3. The first-order valence-corrected chi connectivity index (χ1v) is 18.9. The fourth-order valence-electron chi connectivity index (χ4n) is 8.46. The topological polar surface area (TPSA) is 29.5 Å². The largest absolute Gasteiger partial charge is 0.456 e. The Morgan fingerprint density at radius 1 is 0.611 bits per heavy atom. The summed E-state index contributed by atoms with van der Waals surface area (Å²) >= 11 is 0. The van der Waals surface area contributed by atoms with Crippen LogP contribution in [0.2, 0.25) is 0 Å². The van der Waals surface area contributed by atoms with Gasteiger partial charge in [0, 0.05) is 38.0 Å². The van der Waals surface area contributed by atoms with E-state index < -0.39 is 0 Å². The number of fused-ring (bicyclic) bond motifs is 7. The van der Waals surface area contributed by atoms with Gasteiger partial charge in [0.05, 0.1) is 5.69 Å². The zero-order chi connectivity index (χ0) is 36.2. The molecule has 0 saturated heterocycles. The molecule has 0 spiro atoms. The molecule has 0 atom stereocenters. The van der Waals surface area contributed by atoms with Gasteiger partial charge in [-0.15, -0.1) is 0 Å². The summed E-state index contributed by atoms with van der Waals surface area (Å²) in [6.45, 7) is 4.28. The average Bonchev–Trinajstić information content (AvgIpc) is 3.70. The number of hydrogen-bond acceptors (Lipinski definition) is 3. The Morgan fingerprint density at radius 2 is 1.37 bits per heavy atom. The Balaban J connectivity index is 1.09. The van der Waals surface area contributed by atoms with Gasteiger partial charge < -0.3 is 13.7 Å². The van der Waals surface area contributed by atoms with Gasteiger partial charge in [-0.25, -0.2) is 0 Å². The van der Waals surface area contributed by atoms with Crippen LogP contribution in [0.3, 0.4) is 0 Å². The minimum Gasteiger partial charge on any atom is -0.456 e. The second-order valence-electron chi connectivity index (χ2n) is 14.2. The lowest BCUT2D eigenvalue weighted by Gasteiger charge is -2.27. The van der Waals surface area contributed by atoms with Crippen LogP contribution >= 0.6 is 0 Å². The van der Waals surface area contributed by atoms with Gasteiger partial charge in [-0.3, -0.25) is 0 Å². The Bertz CT molecular complexity index is 3150. The molecule has 260 valence electrons. The van der Waals surface area contributed by atoms with Gasteiger partial charge in [-0.1, -0.05) is 109 Å². The third kappa shape index (κ3) is 5.27. The Morgan fingerprint density at radius 3 is 2.24 bits per heavy atom. The minimum absolute atomic E-state index is 0.921. The molecule has 3 nitrogen and oxygen atoms in total. The van der Waals surface area contributed by atoms with Crippen molar-refractivity contribution in [2.45, 2.75) is 33.1 Å². The molecule has 9 aromatic rings. The van der Waals surface area contributed by atoms with Gasteiger partial charge in [0.25, 0.3) is 0 Å². The summed E-state index contributed by atoms with van der Waals surface area (Å²) in [6, 6.07) is 52.3. The fourth-order valence-corrected chi connectivity index (χ4v) is 8.46. The predicted molar refractivity (Wildman–Crippen MR) is 227 cm³/mol. The number of benzene rings is 7. The maximum absolute atomic E-state index is 6.52. The van der Waals surface area contributed by atoms with E-state index in [0.29, 0.717) is 0 Å². The molecular weight excluding hydrogens is 659 g/mol. The molecule has 0 N–H and O–H groups in total. The molecule has 2 aromatic heterocycles. The van der Waals surface area contributed by atoms with Gasteiger partial charge in [-0.2, -0.15) is 0 Å². The van der Waals surface area contributed by atoms with Gasteiger partial charge in [0.1, 0.15) is 22.0 Å². The van der Waals surface area contributed by atoms with E-state index in [4.69, 9.17) is 8.83 Å². The molecule has 10 rings (SSSR count). The van der Waals surface area contributed by atoms with Crippen molar-refractivity contribution in [2.24, 2.45) is 0 Å². The van der Waals surface area contributed by atoms with E-state index >= 15 is 0 Å². The maximum Gasteiger partial charge on any atom is 0.138 e. The summed E-state index contributed by atoms with van der Waals surface area (Å²) in [5.41, 5.74) is 11.8. The third-order valence-corrected chi connectivity index (χ3v) is 11.1. The number of hydrogen-bond donors (Lipinski definition) is 0. The zero-order valence-corrected chi connectivity index (χ0v) is 30.5. The summed E-state index contributed by atoms with van der Waals surface area (Å²) in [5, 5.41) is 9.55. The van der Waals surface area contributed by atoms with Crippen molar-refractivity contribution in [1.29, 1.82) is 0 Å². The van der Waals surface area contributed by atoms with E-state index in [-0.39, 0.29) is 0 Å². The number of rotatable bonds is 5. The molecule has 0 bridgehead atoms. The lowest BCUT2D eigenvalue weighted by Crippen LogP contribution is -2.37. The summed E-state index contributed by atoms with van der Waals surface area (Å²) in [6.07, 6.45) is 10.1. The smallest absolute Gasteiger partial charge is 0.138 e. The summed E-state index contributed by atoms with van der Waals surface area (Å²) in [7, 11) is 0. The van der Waals surface area contributed by atoms with Crippen LogP contribution in [0.25, 0.3) is 78.4 Å². The van der Waals surface area contributed by atoms with E-state index in [9.17, 15) is 0 Å². The van der Waals surface area contributed by atoms with Crippen molar-refractivity contribution >= 4 is 84.3 Å². The second-order valence-corrected chi connectivity index (χ2v) is 14.2. The van der Waals surface area contributed by atoms with E-state index in [1.54, 1.807) is 0 Å². The van der Waals surface area contributed by atoms with Gasteiger partial charge in [-0.05, 0) is 126 Å².